The molecule has 120 valence electrons. The van der Waals surface area contributed by atoms with Gasteiger partial charge in [0.25, 0.3) is 0 Å². The van der Waals surface area contributed by atoms with Crippen molar-refractivity contribution in [2.75, 3.05) is 11.4 Å². The number of benzene rings is 1. The van der Waals surface area contributed by atoms with Crippen molar-refractivity contribution in [3.63, 3.8) is 0 Å². The average Bonchev–Trinajstić information content (AvgIpc) is 2.48. The topological polar surface area (TPSA) is 94.9 Å². The number of carboxylic acids is 2. The summed E-state index contributed by atoms with van der Waals surface area (Å²) in [6, 6.07) is 5.99. The zero-order chi connectivity index (χ0) is 16.7. The minimum absolute atomic E-state index is 0.0216. The van der Waals surface area contributed by atoms with Crippen LogP contribution >= 0.6 is 0 Å². The van der Waals surface area contributed by atoms with Crippen LogP contribution < -0.4 is 4.90 Å². The molecule has 0 aliphatic rings. The molecule has 0 radical (unpaired) electrons. The summed E-state index contributed by atoms with van der Waals surface area (Å²) in [7, 11) is 0. The number of carboxylic acid groups (broad SMARTS) is 2. The molecule has 6 heteroatoms. The van der Waals surface area contributed by atoms with E-state index in [2.05, 4.69) is 0 Å². The zero-order valence-corrected chi connectivity index (χ0v) is 12.8. The van der Waals surface area contributed by atoms with Crippen LogP contribution in [0.15, 0.2) is 24.3 Å². The second-order valence-corrected chi connectivity index (χ2v) is 5.00. The lowest BCUT2D eigenvalue weighted by Gasteiger charge is -2.26. The minimum Gasteiger partial charge on any atom is -0.481 e. The van der Waals surface area contributed by atoms with Crippen LogP contribution in [0.5, 0.6) is 0 Å². The summed E-state index contributed by atoms with van der Waals surface area (Å²) in [6.45, 7) is 3.82. The number of aliphatic carboxylic acids is 1. The highest BCUT2D eigenvalue weighted by atomic mass is 16.4. The Morgan fingerprint density at radius 1 is 1.14 bits per heavy atom. The second-order valence-electron chi connectivity index (χ2n) is 5.00. The Morgan fingerprint density at radius 2 is 1.77 bits per heavy atom. The Kier molecular flexibility index (Phi) is 6.56. The van der Waals surface area contributed by atoms with Gasteiger partial charge in [0.05, 0.1) is 12.0 Å². The summed E-state index contributed by atoms with van der Waals surface area (Å²) < 4.78 is 0. The van der Waals surface area contributed by atoms with E-state index in [1.165, 1.54) is 17.0 Å². The number of carbonyl (C=O) groups excluding carboxylic acids is 1. The van der Waals surface area contributed by atoms with Crippen LogP contribution in [0.25, 0.3) is 0 Å². The number of hydrogen-bond donors (Lipinski definition) is 2. The van der Waals surface area contributed by atoms with Gasteiger partial charge in [-0.25, -0.2) is 4.79 Å². The van der Waals surface area contributed by atoms with Gasteiger partial charge in [-0.05, 0) is 31.0 Å². The molecule has 0 unspecified atom stereocenters. The van der Waals surface area contributed by atoms with Gasteiger partial charge in [-0.2, -0.15) is 0 Å². The molecule has 0 bridgehead atoms. The monoisotopic (exact) mass is 307 g/mol. The van der Waals surface area contributed by atoms with Gasteiger partial charge in [-0.15, -0.1) is 0 Å². The Hall–Kier alpha value is -2.37. The molecule has 0 aliphatic carbocycles. The van der Waals surface area contributed by atoms with Crippen molar-refractivity contribution in [2.45, 2.75) is 33.1 Å². The minimum atomic E-state index is -1.09. The van der Waals surface area contributed by atoms with Gasteiger partial charge >= 0.3 is 11.9 Å². The Labute approximate surface area is 129 Å². The van der Waals surface area contributed by atoms with Crippen molar-refractivity contribution in [1.82, 2.24) is 0 Å². The molecule has 1 rings (SSSR count). The summed E-state index contributed by atoms with van der Waals surface area (Å²) in [5.74, 6) is -2.47. The number of carbonyl (C=O) groups is 3. The fraction of sp³-hybridized carbons (Fsp3) is 0.438. The Balaban J connectivity index is 3.13. The predicted octanol–water partition coefficient (Wildman–Crippen LogP) is 2.63. The molecule has 1 aromatic carbocycles. The summed E-state index contributed by atoms with van der Waals surface area (Å²) >= 11 is 0. The van der Waals surface area contributed by atoms with Gasteiger partial charge in [0, 0.05) is 18.2 Å². The largest absolute Gasteiger partial charge is 0.481 e. The maximum absolute atomic E-state index is 12.6. The number of anilines is 1. The molecule has 0 aliphatic heterocycles. The van der Waals surface area contributed by atoms with Crippen LogP contribution in [0.1, 0.15) is 43.5 Å². The van der Waals surface area contributed by atoms with Gasteiger partial charge in [-0.1, -0.05) is 19.9 Å². The molecular formula is C16H21NO5. The third-order valence-electron chi connectivity index (χ3n) is 3.55. The number of nitrogens with zero attached hydrogens (tertiary/aromatic N) is 1. The van der Waals surface area contributed by atoms with Gasteiger partial charge in [0.15, 0.2) is 0 Å². The number of hydrogen-bond acceptors (Lipinski definition) is 3. The lowest BCUT2D eigenvalue weighted by molar-refractivity contribution is -0.136. The molecule has 6 nitrogen and oxygen atoms in total. The van der Waals surface area contributed by atoms with Crippen LogP contribution in [0, 0.1) is 5.92 Å². The Bertz CT molecular complexity index is 551. The highest BCUT2D eigenvalue weighted by molar-refractivity contribution is 5.97. The normalized spacial score (nSPS) is 10.5. The molecule has 0 saturated heterocycles. The van der Waals surface area contributed by atoms with Crippen LogP contribution in [-0.4, -0.2) is 34.6 Å². The van der Waals surface area contributed by atoms with E-state index in [1.54, 1.807) is 12.1 Å². The van der Waals surface area contributed by atoms with E-state index in [9.17, 15) is 14.4 Å². The first kappa shape index (κ1) is 17.7. The lowest BCUT2D eigenvalue weighted by Crippen LogP contribution is -2.37. The van der Waals surface area contributed by atoms with Crippen LogP contribution in [-0.2, 0) is 9.59 Å². The SMILES string of the molecule is CCC(CC)C(=O)N(CCC(=O)O)c1cccc(C(=O)O)c1. The van der Waals surface area contributed by atoms with E-state index in [4.69, 9.17) is 10.2 Å². The summed E-state index contributed by atoms with van der Waals surface area (Å²) in [4.78, 5) is 35.8. The third-order valence-corrected chi connectivity index (χ3v) is 3.55. The van der Waals surface area contributed by atoms with Crippen molar-refractivity contribution in [3.8, 4) is 0 Å². The van der Waals surface area contributed by atoms with Crippen LogP contribution in [0.4, 0.5) is 5.69 Å². The van der Waals surface area contributed by atoms with Crippen molar-refractivity contribution < 1.29 is 24.6 Å². The van der Waals surface area contributed by atoms with Gasteiger partial charge in [0.1, 0.15) is 0 Å². The quantitative estimate of drug-likeness (QED) is 0.769. The molecule has 0 heterocycles. The smallest absolute Gasteiger partial charge is 0.335 e. The maximum atomic E-state index is 12.6. The molecule has 2 N–H and O–H groups in total. The first-order valence-corrected chi connectivity index (χ1v) is 7.27. The highest BCUT2D eigenvalue weighted by Crippen LogP contribution is 2.21. The van der Waals surface area contributed by atoms with E-state index in [0.717, 1.165) is 0 Å². The highest BCUT2D eigenvalue weighted by Gasteiger charge is 2.24. The molecule has 0 fully saturated rings. The van der Waals surface area contributed by atoms with Gasteiger partial charge in [-0.3, -0.25) is 9.59 Å². The summed E-state index contributed by atoms with van der Waals surface area (Å²) in [5.41, 5.74) is 0.480. The van der Waals surface area contributed by atoms with E-state index >= 15 is 0 Å². The molecule has 0 saturated carbocycles. The van der Waals surface area contributed by atoms with E-state index in [0.29, 0.717) is 18.5 Å². The first-order chi connectivity index (χ1) is 10.4. The number of aromatic carboxylic acids is 1. The summed E-state index contributed by atoms with van der Waals surface area (Å²) in [5, 5.41) is 17.9. The van der Waals surface area contributed by atoms with E-state index in [-0.39, 0.29) is 30.4 Å². The zero-order valence-electron chi connectivity index (χ0n) is 12.8. The second kappa shape index (κ2) is 8.17. The molecule has 0 aromatic heterocycles. The average molecular weight is 307 g/mol. The van der Waals surface area contributed by atoms with Crippen molar-refractivity contribution in [1.29, 1.82) is 0 Å². The first-order valence-electron chi connectivity index (χ1n) is 7.27. The molecule has 1 aromatic rings. The fourth-order valence-electron chi connectivity index (χ4n) is 2.24. The lowest BCUT2D eigenvalue weighted by atomic mass is 10.0. The molecule has 0 atom stereocenters. The molecular weight excluding hydrogens is 286 g/mol. The van der Waals surface area contributed by atoms with Gasteiger partial charge in [0.2, 0.25) is 5.91 Å². The standard InChI is InChI=1S/C16H21NO5/c1-3-11(4-2)15(20)17(9-8-14(18)19)13-7-5-6-12(10-13)16(21)22/h5-7,10-11H,3-4,8-9H2,1-2H3,(H,18,19)(H,21,22). The van der Waals surface area contributed by atoms with Gasteiger partial charge < -0.3 is 15.1 Å². The number of amides is 1. The van der Waals surface area contributed by atoms with Crippen molar-refractivity contribution in [2.24, 2.45) is 5.92 Å². The number of rotatable bonds is 8. The van der Waals surface area contributed by atoms with E-state index < -0.39 is 11.9 Å². The van der Waals surface area contributed by atoms with Crippen molar-refractivity contribution >= 4 is 23.5 Å². The third kappa shape index (κ3) is 4.58. The van der Waals surface area contributed by atoms with Crippen LogP contribution in [0.3, 0.4) is 0 Å². The summed E-state index contributed by atoms with van der Waals surface area (Å²) in [6.07, 6.45) is 1.11. The van der Waals surface area contributed by atoms with E-state index in [1.807, 2.05) is 13.8 Å². The predicted molar refractivity (Wildman–Crippen MR) is 82.1 cm³/mol. The molecule has 0 spiro atoms. The Morgan fingerprint density at radius 3 is 2.27 bits per heavy atom. The maximum Gasteiger partial charge on any atom is 0.335 e. The van der Waals surface area contributed by atoms with Crippen LogP contribution in [0.2, 0.25) is 0 Å². The molecule has 22 heavy (non-hydrogen) atoms. The molecule has 1 amide bonds. The van der Waals surface area contributed by atoms with Crippen molar-refractivity contribution in [3.05, 3.63) is 29.8 Å². The fourth-order valence-corrected chi connectivity index (χ4v) is 2.24.